The summed E-state index contributed by atoms with van der Waals surface area (Å²) in [5.74, 6) is 0.617. The normalized spacial score (nSPS) is 12.6. The average Bonchev–Trinajstić information content (AvgIpc) is 2.59. The van der Waals surface area contributed by atoms with E-state index in [-0.39, 0.29) is 16.7 Å². The van der Waals surface area contributed by atoms with Gasteiger partial charge in [-0.15, -0.1) is 0 Å². The van der Waals surface area contributed by atoms with Crippen LogP contribution in [0.1, 0.15) is 102 Å². The quantitative estimate of drug-likeness (QED) is 0.599. The van der Waals surface area contributed by atoms with Gasteiger partial charge in [0.1, 0.15) is 11.5 Å². The summed E-state index contributed by atoms with van der Waals surface area (Å²) in [7, 11) is 0. The van der Waals surface area contributed by atoms with Crippen molar-refractivity contribution in [3.05, 3.63) is 57.6 Å². The van der Waals surface area contributed by atoms with Crippen LogP contribution in [-0.2, 0) is 23.7 Å². The number of rotatable bonds is 4. The summed E-state index contributed by atoms with van der Waals surface area (Å²) in [6.07, 6.45) is 1.83. The van der Waals surface area contributed by atoms with Crippen molar-refractivity contribution in [1.29, 1.82) is 0 Å². The van der Waals surface area contributed by atoms with Crippen LogP contribution < -0.4 is 0 Å². The smallest absolute Gasteiger partial charge is 0.123 e. The molecule has 0 heterocycles. The van der Waals surface area contributed by atoms with Crippen LogP contribution in [0.4, 0.5) is 0 Å². The van der Waals surface area contributed by atoms with Crippen molar-refractivity contribution in [2.45, 2.75) is 91.9 Å². The lowest BCUT2D eigenvalue weighted by Gasteiger charge is -2.28. The third kappa shape index (κ3) is 4.37. The standard InChI is InChI=1S/C26H38O2/c1-10-17-12-19(23(27)21(14-17)25(4,5)6)16(3)20-13-18(11-2)15-22(24(20)28)26(7,8)9/h12-16,27-28H,10-11H2,1-9H3. The summed E-state index contributed by atoms with van der Waals surface area (Å²) in [6.45, 7) is 19.1. The third-order valence-electron chi connectivity index (χ3n) is 5.76. The number of benzene rings is 2. The Hall–Kier alpha value is -1.96. The van der Waals surface area contributed by atoms with E-state index < -0.39 is 0 Å². The molecule has 0 aliphatic rings. The highest BCUT2D eigenvalue weighted by Crippen LogP contribution is 2.44. The highest BCUT2D eigenvalue weighted by molar-refractivity contribution is 5.56. The highest BCUT2D eigenvalue weighted by atomic mass is 16.3. The lowest BCUT2D eigenvalue weighted by molar-refractivity contribution is 0.429. The first-order valence-corrected chi connectivity index (χ1v) is 10.5. The van der Waals surface area contributed by atoms with Gasteiger partial charge in [-0.1, -0.05) is 86.6 Å². The zero-order chi connectivity index (χ0) is 21.4. The Morgan fingerprint density at radius 1 is 0.679 bits per heavy atom. The van der Waals surface area contributed by atoms with Crippen LogP contribution >= 0.6 is 0 Å². The maximum atomic E-state index is 11.1. The van der Waals surface area contributed by atoms with E-state index in [2.05, 4.69) is 86.6 Å². The fourth-order valence-electron chi connectivity index (χ4n) is 3.82. The van der Waals surface area contributed by atoms with Gasteiger partial charge in [-0.2, -0.15) is 0 Å². The van der Waals surface area contributed by atoms with Crippen LogP contribution in [0.2, 0.25) is 0 Å². The molecule has 28 heavy (non-hydrogen) atoms. The van der Waals surface area contributed by atoms with E-state index in [0.29, 0.717) is 11.5 Å². The predicted octanol–water partition coefficient (Wildman–Crippen LogP) is 6.97. The zero-order valence-electron chi connectivity index (χ0n) is 19.2. The second-order valence-corrected chi connectivity index (χ2v) is 10.1. The molecule has 154 valence electrons. The fraction of sp³-hybridized carbons (Fsp3) is 0.538. The molecule has 2 heteroatoms. The Bertz CT molecular complexity index is 777. The Morgan fingerprint density at radius 3 is 1.25 bits per heavy atom. The van der Waals surface area contributed by atoms with Gasteiger partial charge in [0, 0.05) is 17.0 Å². The number of phenolic OH excluding ortho intramolecular Hbond substituents is 2. The molecule has 0 fully saturated rings. The highest BCUT2D eigenvalue weighted by Gasteiger charge is 2.27. The molecule has 0 spiro atoms. The molecule has 0 aromatic heterocycles. The SMILES string of the molecule is CCc1cc(C(C)c2cc(CC)cc(C(C)(C)C)c2O)c(O)c(C(C)(C)C)c1. The molecule has 0 amide bonds. The molecule has 2 rings (SSSR count). The van der Waals surface area contributed by atoms with E-state index in [1.54, 1.807) is 0 Å². The lowest BCUT2D eigenvalue weighted by Crippen LogP contribution is -2.15. The van der Waals surface area contributed by atoms with E-state index >= 15 is 0 Å². The average molecular weight is 383 g/mol. The number of aromatic hydroxyl groups is 2. The molecule has 2 aromatic carbocycles. The van der Waals surface area contributed by atoms with Crippen molar-refractivity contribution >= 4 is 0 Å². The summed E-state index contributed by atoms with van der Waals surface area (Å²) in [6, 6.07) is 8.44. The molecule has 0 unspecified atom stereocenters. The monoisotopic (exact) mass is 382 g/mol. The van der Waals surface area contributed by atoms with E-state index in [1.807, 2.05) is 0 Å². The summed E-state index contributed by atoms with van der Waals surface area (Å²) >= 11 is 0. The fourth-order valence-corrected chi connectivity index (χ4v) is 3.82. The van der Waals surface area contributed by atoms with Crippen LogP contribution in [0, 0.1) is 0 Å². The number of hydrogen-bond donors (Lipinski definition) is 2. The van der Waals surface area contributed by atoms with E-state index in [9.17, 15) is 10.2 Å². The minimum absolute atomic E-state index is 0.0970. The number of phenols is 2. The number of hydrogen-bond acceptors (Lipinski definition) is 2. The second kappa shape index (κ2) is 7.81. The maximum Gasteiger partial charge on any atom is 0.123 e. The van der Waals surface area contributed by atoms with Crippen molar-refractivity contribution in [3.63, 3.8) is 0 Å². The van der Waals surface area contributed by atoms with Gasteiger partial charge in [-0.3, -0.25) is 0 Å². The molecule has 0 atom stereocenters. The zero-order valence-corrected chi connectivity index (χ0v) is 19.2. The Balaban J connectivity index is 2.75. The van der Waals surface area contributed by atoms with Crippen LogP contribution in [0.25, 0.3) is 0 Å². The molecule has 2 N–H and O–H groups in total. The molecule has 0 saturated heterocycles. The molecule has 2 aromatic rings. The third-order valence-corrected chi connectivity index (χ3v) is 5.76. The maximum absolute atomic E-state index is 11.1. The molecule has 2 nitrogen and oxygen atoms in total. The molecular formula is C26H38O2. The summed E-state index contributed by atoms with van der Waals surface area (Å²) < 4.78 is 0. The van der Waals surface area contributed by atoms with E-state index in [4.69, 9.17) is 0 Å². The summed E-state index contributed by atoms with van der Waals surface area (Å²) in [5.41, 5.74) is 5.87. The van der Waals surface area contributed by atoms with Crippen molar-refractivity contribution in [2.24, 2.45) is 0 Å². The van der Waals surface area contributed by atoms with Gasteiger partial charge in [0.15, 0.2) is 0 Å². The van der Waals surface area contributed by atoms with Gasteiger partial charge in [0.05, 0.1) is 0 Å². The van der Waals surface area contributed by atoms with Crippen LogP contribution in [0.5, 0.6) is 11.5 Å². The molecule has 0 saturated carbocycles. The lowest BCUT2D eigenvalue weighted by atomic mass is 9.78. The minimum Gasteiger partial charge on any atom is -0.507 e. The molecule has 0 aliphatic carbocycles. The molecule has 0 aliphatic heterocycles. The predicted molar refractivity (Wildman–Crippen MR) is 120 cm³/mol. The molecular weight excluding hydrogens is 344 g/mol. The topological polar surface area (TPSA) is 40.5 Å². The van der Waals surface area contributed by atoms with Gasteiger partial charge in [-0.25, -0.2) is 0 Å². The Kier molecular flexibility index (Phi) is 6.23. The van der Waals surface area contributed by atoms with Gasteiger partial charge >= 0.3 is 0 Å². The van der Waals surface area contributed by atoms with Crippen molar-refractivity contribution in [3.8, 4) is 11.5 Å². The van der Waals surface area contributed by atoms with E-state index in [0.717, 1.165) is 35.1 Å². The van der Waals surface area contributed by atoms with Crippen molar-refractivity contribution in [2.75, 3.05) is 0 Å². The minimum atomic E-state index is -0.145. The first-order valence-electron chi connectivity index (χ1n) is 10.5. The Labute approximate surface area is 171 Å². The Morgan fingerprint density at radius 2 is 1.00 bits per heavy atom. The summed E-state index contributed by atoms with van der Waals surface area (Å²) in [4.78, 5) is 0. The molecule has 0 bridgehead atoms. The second-order valence-electron chi connectivity index (χ2n) is 10.1. The van der Waals surface area contributed by atoms with Crippen LogP contribution in [0.15, 0.2) is 24.3 Å². The first-order chi connectivity index (χ1) is 12.8. The van der Waals surface area contributed by atoms with Crippen LogP contribution in [-0.4, -0.2) is 10.2 Å². The molecule has 0 radical (unpaired) electrons. The van der Waals surface area contributed by atoms with Crippen molar-refractivity contribution in [1.82, 2.24) is 0 Å². The largest absolute Gasteiger partial charge is 0.507 e. The number of aryl methyl sites for hydroxylation is 2. The van der Waals surface area contributed by atoms with E-state index in [1.165, 1.54) is 11.1 Å². The van der Waals surface area contributed by atoms with Gasteiger partial charge in [0.25, 0.3) is 0 Å². The van der Waals surface area contributed by atoms with Crippen LogP contribution in [0.3, 0.4) is 0 Å². The van der Waals surface area contributed by atoms with Gasteiger partial charge in [-0.05, 0) is 45.9 Å². The van der Waals surface area contributed by atoms with Gasteiger partial charge in [0.2, 0.25) is 0 Å². The van der Waals surface area contributed by atoms with Gasteiger partial charge < -0.3 is 10.2 Å². The summed E-state index contributed by atoms with van der Waals surface area (Å²) in [5, 5.41) is 22.3. The first kappa shape index (κ1) is 22.3. The van der Waals surface area contributed by atoms with Crippen molar-refractivity contribution < 1.29 is 10.2 Å².